The average molecular weight is 287 g/mol. The molecule has 1 N–H and O–H groups in total. The predicted molar refractivity (Wildman–Crippen MR) is 82.6 cm³/mol. The van der Waals surface area contributed by atoms with Crippen LogP contribution in [0.25, 0.3) is 6.08 Å². The van der Waals surface area contributed by atoms with E-state index < -0.39 is 0 Å². The molecule has 3 nitrogen and oxygen atoms in total. The standard InChI is InChI=1S/C16H17NO2S/c1-12(14-7-3-4-8-15(14)18)17(2)16(19)10-9-13-6-5-11-20-13/h3-12,18H,1-2H3/b10-9+. The van der Waals surface area contributed by atoms with Crippen LogP contribution in [-0.4, -0.2) is 23.0 Å². The van der Waals surface area contributed by atoms with Crippen LogP contribution in [0.2, 0.25) is 0 Å². The van der Waals surface area contributed by atoms with Crippen LogP contribution in [-0.2, 0) is 4.79 Å². The molecular weight excluding hydrogens is 270 g/mol. The molecule has 0 bridgehead atoms. The van der Waals surface area contributed by atoms with Crippen LogP contribution in [0.1, 0.15) is 23.4 Å². The molecule has 0 spiro atoms. The molecule has 4 heteroatoms. The van der Waals surface area contributed by atoms with Crippen molar-refractivity contribution in [2.75, 3.05) is 7.05 Å². The lowest BCUT2D eigenvalue weighted by molar-refractivity contribution is -0.126. The second-order valence-electron chi connectivity index (χ2n) is 4.53. The molecule has 1 unspecified atom stereocenters. The van der Waals surface area contributed by atoms with Crippen LogP contribution < -0.4 is 0 Å². The van der Waals surface area contributed by atoms with Crippen molar-refractivity contribution in [3.63, 3.8) is 0 Å². The van der Waals surface area contributed by atoms with Gasteiger partial charge < -0.3 is 10.0 Å². The van der Waals surface area contributed by atoms with Gasteiger partial charge in [-0.3, -0.25) is 4.79 Å². The van der Waals surface area contributed by atoms with Crippen molar-refractivity contribution in [1.82, 2.24) is 4.90 Å². The van der Waals surface area contributed by atoms with E-state index in [1.807, 2.05) is 36.6 Å². The summed E-state index contributed by atoms with van der Waals surface area (Å²) in [6, 6.07) is 10.8. The highest BCUT2D eigenvalue weighted by atomic mass is 32.1. The Balaban J connectivity index is 2.09. The number of carbonyl (C=O) groups excluding carboxylic acids is 1. The van der Waals surface area contributed by atoms with Gasteiger partial charge in [-0.05, 0) is 30.5 Å². The molecule has 1 amide bonds. The normalized spacial score (nSPS) is 12.5. The number of phenolic OH excluding ortho intramolecular Hbond substituents is 1. The molecule has 0 saturated heterocycles. The molecule has 0 aliphatic heterocycles. The summed E-state index contributed by atoms with van der Waals surface area (Å²) in [5, 5.41) is 11.8. The molecule has 1 aromatic carbocycles. The second-order valence-corrected chi connectivity index (χ2v) is 5.51. The smallest absolute Gasteiger partial charge is 0.246 e. The summed E-state index contributed by atoms with van der Waals surface area (Å²) in [5.74, 6) is 0.121. The van der Waals surface area contributed by atoms with Crippen molar-refractivity contribution in [3.8, 4) is 5.75 Å². The summed E-state index contributed by atoms with van der Waals surface area (Å²) in [7, 11) is 1.73. The lowest BCUT2D eigenvalue weighted by Gasteiger charge is -2.24. The topological polar surface area (TPSA) is 40.5 Å². The summed E-state index contributed by atoms with van der Waals surface area (Å²) in [4.78, 5) is 14.8. The highest BCUT2D eigenvalue weighted by Gasteiger charge is 2.17. The van der Waals surface area contributed by atoms with Gasteiger partial charge >= 0.3 is 0 Å². The fourth-order valence-electron chi connectivity index (χ4n) is 1.90. The Labute approximate surface area is 122 Å². The maximum atomic E-state index is 12.1. The first-order chi connectivity index (χ1) is 9.59. The number of nitrogens with zero attached hydrogens (tertiary/aromatic N) is 1. The maximum Gasteiger partial charge on any atom is 0.246 e. The molecule has 0 aliphatic carbocycles. The highest BCUT2D eigenvalue weighted by Crippen LogP contribution is 2.27. The lowest BCUT2D eigenvalue weighted by Crippen LogP contribution is -2.28. The van der Waals surface area contributed by atoms with Crippen molar-refractivity contribution in [3.05, 3.63) is 58.3 Å². The molecule has 0 radical (unpaired) electrons. The van der Waals surface area contributed by atoms with E-state index in [1.54, 1.807) is 47.6 Å². The van der Waals surface area contributed by atoms with Crippen LogP contribution in [0, 0.1) is 0 Å². The quantitative estimate of drug-likeness (QED) is 0.871. The zero-order chi connectivity index (χ0) is 14.5. The molecule has 0 saturated carbocycles. The number of para-hydroxylation sites is 1. The zero-order valence-electron chi connectivity index (χ0n) is 11.5. The minimum absolute atomic E-state index is 0.0887. The summed E-state index contributed by atoms with van der Waals surface area (Å²) >= 11 is 1.59. The summed E-state index contributed by atoms with van der Waals surface area (Å²) in [6.45, 7) is 1.89. The molecule has 1 heterocycles. The number of carbonyl (C=O) groups is 1. The average Bonchev–Trinajstić information content (AvgIpc) is 2.97. The van der Waals surface area contributed by atoms with Crippen molar-refractivity contribution >= 4 is 23.3 Å². The Morgan fingerprint density at radius 1 is 1.30 bits per heavy atom. The SMILES string of the molecule is CC(c1ccccc1O)N(C)C(=O)/C=C/c1cccs1. The summed E-state index contributed by atoms with van der Waals surface area (Å²) < 4.78 is 0. The molecule has 0 aliphatic rings. The first-order valence-corrected chi connectivity index (χ1v) is 7.24. The minimum atomic E-state index is -0.184. The predicted octanol–water partition coefficient (Wildman–Crippen LogP) is 3.69. The monoisotopic (exact) mass is 287 g/mol. The highest BCUT2D eigenvalue weighted by molar-refractivity contribution is 7.10. The van der Waals surface area contributed by atoms with Gasteiger partial charge in [-0.25, -0.2) is 0 Å². The number of thiophene rings is 1. The number of benzene rings is 1. The van der Waals surface area contributed by atoms with Crippen LogP contribution >= 0.6 is 11.3 Å². The zero-order valence-corrected chi connectivity index (χ0v) is 12.3. The molecule has 2 rings (SSSR count). The summed E-state index contributed by atoms with van der Waals surface area (Å²) in [6.07, 6.45) is 3.36. The van der Waals surface area contributed by atoms with Gasteiger partial charge in [0.1, 0.15) is 5.75 Å². The van der Waals surface area contributed by atoms with E-state index in [0.29, 0.717) is 0 Å². The first-order valence-electron chi connectivity index (χ1n) is 6.36. The number of amides is 1. The van der Waals surface area contributed by atoms with Crippen molar-refractivity contribution in [1.29, 1.82) is 0 Å². The lowest BCUT2D eigenvalue weighted by atomic mass is 10.1. The van der Waals surface area contributed by atoms with Gasteiger partial charge in [0.05, 0.1) is 6.04 Å². The largest absolute Gasteiger partial charge is 0.508 e. The fourth-order valence-corrected chi connectivity index (χ4v) is 2.52. The number of aromatic hydroxyl groups is 1. The number of rotatable bonds is 4. The number of hydrogen-bond acceptors (Lipinski definition) is 3. The van der Waals surface area contributed by atoms with Crippen LogP contribution in [0.4, 0.5) is 0 Å². The molecule has 1 aromatic heterocycles. The van der Waals surface area contributed by atoms with Crippen molar-refractivity contribution in [2.24, 2.45) is 0 Å². The van der Waals surface area contributed by atoms with Crippen molar-refractivity contribution < 1.29 is 9.90 Å². The molecular formula is C16H17NO2S. The molecule has 20 heavy (non-hydrogen) atoms. The Morgan fingerprint density at radius 3 is 2.70 bits per heavy atom. The van der Waals surface area contributed by atoms with E-state index in [2.05, 4.69) is 0 Å². The van der Waals surface area contributed by atoms with E-state index in [4.69, 9.17) is 0 Å². The third-order valence-electron chi connectivity index (χ3n) is 3.25. The molecule has 2 aromatic rings. The molecule has 104 valence electrons. The van der Waals surface area contributed by atoms with Crippen LogP contribution in [0.3, 0.4) is 0 Å². The number of hydrogen-bond donors (Lipinski definition) is 1. The van der Waals surface area contributed by atoms with Gasteiger partial charge in [0.25, 0.3) is 0 Å². The van der Waals surface area contributed by atoms with Crippen molar-refractivity contribution in [2.45, 2.75) is 13.0 Å². The first kappa shape index (κ1) is 14.3. The Morgan fingerprint density at radius 2 is 2.05 bits per heavy atom. The molecule has 1 atom stereocenters. The Bertz CT molecular complexity index is 605. The van der Waals surface area contributed by atoms with E-state index in [9.17, 15) is 9.90 Å². The van der Waals surface area contributed by atoms with Gasteiger partial charge in [0, 0.05) is 23.6 Å². The molecule has 0 fully saturated rings. The van der Waals surface area contributed by atoms with Crippen LogP contribution in [0.5, 0.6) is 5.75 Å². The van der Waals surface area contributed by atoms with Gasteiger partial charge in [-0.15, -0.1) is 11.3 Å². The van der Waals surface area contributed by atoms with E-state index in [0.717, 1.165) is 10.4 Å². The number of phenols is 1. The van der Waals surface area contributed by atoms with Gasteiger partial charge in [0.2, 0.25) is 5.91 Å². The van der Waals surface area contributed by atoms with Gasteiger partial charge in [0.15, 0.2) is 0 Å². The second kappa shape index (κ2) is 6.39. The van der Waals surface area contributed by atoms with Gasteiger partial charge in [-0.1, -0.05) is 24.3 Å². The van der Waals surface area contributed by atoms with E-state index in [-0.39, 0.29) is 17.7 Å². The van der Waals surface area contributed by atoms with E-state index in [1.165, 1.54) is 0 Å². The fraction of sp³-hybridized carbons (Fsp3) is 0.188. The minimum Gasteiger partial charge on any atom is -0.508 e. The summed E-state index contributed by atoms with van der Waals surface area (Å²) in [5.41, 5.74) is 0.743. The Kier molecular flexibility index (Phi) is 4.58. The third kappa shape index (κ3) is 3.27. The Hall–Kier alpha value is -2.07. The van der Waals surface area contributed by atoms with Gasteiger partial charge in [-0.2, -0.15) is 0 Å². The maximum absolute atomic E-state index is 12.1. The van der Waals surface area contributed by atoms with E-state index >= 15 is 0 Å². The third-order valence-corrected chi connectivity index (χ3v) is 4.09. The van der Waals surface area contributed by atoms with Crippen LogP contribution in [0.15, 0.2) is 47.9 Å². The number of likely N-dealkylation sites (N-methyl/N-ethyl adjacent to an activating group) is 1.